The van der Waals surface area contributed by atoms with Crippen molar-refractivity contribution in [2.45, 2.75) is 64.1 Å². The summed E-state index contributed by atoms with van der Waals surface area (Å²) in [6.07, 6.45) is 3.04. The van der Waals surface area contributed by atoms with Crippen LogP contribution in [0.4, 0.5) is 0 Å². The lowest BCUT2D eigenvalue weighted by Crippen LogP contribution is -2.51. The van der Waals surface area contributed by atoms with Gasteiger partial charge in [-0.1, -0.05) is 38.0 Å². The summed E-state index contributed by atoms with van der Waals surface area (Å²) in [5.41, 5.74) is 1.02. The second-order valence-electron chi connectivity index (χ2n) is 8.53. The number of hydrogen-bond donors (Lipinski definition) is 0. The van der Waals surface area contributed by atoms with Crippen molar-refractivity contribution in [2.24, 2.45) is 5.92 Å². The molecule has 2 fully saturated rings. The molecule has 0 N–H and O–H groups in total. The van der Waals surface area contributed by atoms with Gasteiger partial charge in [0.2, 0.25) is 15.9 Å². The minimum absolute atomic E-state index is 0.00970. The largest absolute Gasteiger partial charge is 0.321 e. The van der Waals surface area contributed by atoms with Crippen molar-refractivity contribution in [1.82, 2.24) is 14.1 Å². The lowest BCUT2D eigenvalue weighted by atomic mass is 10.1. The van der Waals surface area contributed by atoms with Crippen LogP contribution in [0.3, 0.4) is 0 Å². The fraction of sp³-hybridized carbons (Fsp3) is 0.667. The summed E-state index contributed by atoms with van der Waals surface area (Å²) in [7, 11) is -3.66. The van der Waals surface area contributed by atoms with Crippen molar-refractivity contribution in [3.05, 3.63) is 29.8 Å². The van der Waals surface area contributed by atoms with E-state index < -0.39 is 16.2 Å². The second kappa shape index (κ2) is 8.51. The average molecular weight is 408 g/mol. The Morgan fingerprint density at radius 2 is 1.71 bits per heavy atom. The third kappa shape index (κ3) is 4.26. The fourth-order valence-electron chi connectivity index (χ4n) is 4.38. The van der Waals surface area contributed by atoms with Gasteiger partial charge < -0.3 is 4.90 Å². The first kappa shape index (κ1) is 21.3. The Hall–Kier alpha value is -1.44. The summed E-state index contributed by atoms with van der Waals surface area (Å²) < 4.78 is 28.2. The number of hydrogen-bond acceptors (Lipinski definition) is 4. The molecule has 0 unspecified atom stereocenters. The molecule has 2 atom stereocenters. The standard InChI is InChI=1S/C21H33N3O3S/c1-16(2)21-23(28(26,27)19-10-8-17(3)9-11-19)14-18(4)24(21)20(25)15-22-12-6-5-7-13-22/h8-11,16,18,21H,5-7,12-15H2,1-4H3/t18-,21-/m0/s1. The number of nitrogens with zero attached hydrogens (tertiary/aromatic N) is 3. The van der Waals surface area contributed by atoms with Crippen LogP contribution in [-0.4, -0.2) is 66.8 Å². The number of likely N-dealkylation sites (tertiary alicyclic amines) is 1. The first-order chi connectivity index (χ1) is 13.2. The van der Waals surface area contributed by atoms with Crippen molar-refractivity contribution in [1.29, 1.82) is 0 Å². The molecule has 1 amide bonds. The highest BCUT2D eigenvalue weighted by Crippen LogP contribution is 2.32. The Morgan fingerprint density at radius 3 is 2.29 bits per heavy atom. The number of sulfonamides is 1. The van der Waals surface area contributed by atoms with Gasteiger partial charge >= 0.3 is 0 Å². The van der Waals surface area contributed by atoms with Crippen LogP contribution >= 0.6 is 0 Å². The highest BCUT2D eigenvalue weighted by atomic mass is 32.2. The molecule has 28 heavy (non-hydrogen) atoms. The van der Waals surface area contributed by atoms with Crippen LogP contribution < -0.4 is 0 Å². The van der Waals surface area contributed by atoms with Crippen LogP contribution in [0.5, 0.6) is 0 Å². The third-order valence-corrected chi connectivity index (χ3v) is 7.67. The molecule has 3 rings (SSSR count). The number of rotatable bonds is 5. The predicted molar refractivity (Wildman–Crippen MR) is 110 cm³/mol. The molecule has 2 heterocycles. The SMILES string of the molecule is Cc1ccc(S(=O)(=O)N2C[C@H](C)N(C(=O)CN3CCCCC3)[C@H]2C(C)C)cc1. The number of piperidine rings is 1. The highest BCUT2D eigenvalue weighted by Gasteiger charge is 2.47. The maximum absolute atomic E-state index is 13.3. The average Bonchev–Trinajstić information content (AvgIpc) is 3.01. The summed E-state index contributed by atoms with van der Waals surface area (Å²) in [6, 6.07) is 6.81. The van der Waals surface area contributed by atoms with Gasteiger partial charge in [0, 0.05) is 12.6 Å². The van der Waals surface area contributed by atoms with Crippen molar-refractivity contribution in [2.75, 3.05) is 26.2 Å². The molecule has 0 aromatic heterocycles. The van der Waals surface area contributed by atoms with Gasteiger partial charge in [-0.05, 0) is 57.8 Å². The van der Waals surface area contributed by atoms with E-state index in [0.717, 1.165) is 31.5 Å². The number of carbonyl (C=O) groups is 1. The molecule has 156 valence electrons. The van der Waals surface area contributed by atoms with E-state index in [2.05, 4.69) is 4.90 Å². The maximum atomic E-state index is 13.3. The predicted octanol–water partition coefficient (Wildman–Crippen LogP) is 2.68. The van der Waals surface area contributed by atoms with Gasteiger partial charge in [0.15, 0.2) is 0 Å². The summed E-state index contributed by atoms with van der Waals surface area (Å²) in [4.78, 5) is 17.5. The van der Waals surface area contributed by atoms with Gasteiger partial charge in [-0.2, -0.15) is 4.31 Å². The number of aryl methyl sites for hydroxylation is 1. The Bertz CT molecular complexity index is 786. The number of carbonyl (C=O) groups excluding carboxylic acids is 1. The van der Waals surface area contributed by atoms with Gasteiger partial charge in [0.25, 0.3) is 0 Å². The smallest absolute Gasteiger partial charge is 0.244 e. The van der Waals surface area contributed by atoms with Crippen molar-refractivity contribution in [3.8, 4) is 0 Å². The van der Waals surface area contributed by atoms with Gasteiger partial charge in [-0.25, -0.2) is 8.42 Å². The van der Waals surface area contributed by atoms with Crippen molar-refractivity contribution in [3.63, 3.8) is 0 Å². The highest BCUT2D eigenvalue weighted by molar-refractivity contribution is 7.89. The number of amides is 1. The third-order valence-electron chi connectivity index (χ3n) is 5.82. The van der Waals surface area contributed by atoms with Crippen molar-refractivity contribution >= 4 is 15.9 Å². The monoisotopic (exact) mass is 407 g/mol. The summed E-state index contributed by atoms with van der Waals surface area (Å²) in [6.45, 7) is 10.5. The van der Waals surface area contributed by atoms with Gasteiger partial charge in [-0.15, -0.1) is 0 Å². The fourth-order valence-corrected chi connectivity index (χ4v) is 6.17. The van der Waals surface area contributed by atoms with Gasteiger partial charge in [0.05, 0.1) is 11.4 Å². The maximum Gasteiger partial charge on any atom is 0.244 e. The first-order valence-electron chi connectivity index (χ1n) is 10.3. The summed E-state index contributed by atoms with van der Waals surface area (Å²) >= 11 is 0. The van der Waals surface area contributed by atoms with Crippen LogP contribution in [0.1, 0.15) is 45.6 Å². The molecule has 1 aromatic rings. The molecule has 0 radical (unpaired) electrons. The zero-order valence-electron chi connectivity index (χ0n) is 17.5. The summed E-state index contributed by atoms with van der Waals surface area (Å²) in [5, 5.41) is 0. The lowest BCUT2D eigenvalue weighted by Gasteiger charge is -2.35. The normalized spacial score (nSPS) is 24.8. The molecular weight excluding hydrogens is 374 g/mol. The topological polar surface area (TPSA) is 60.9 Å². The molecule has 0 spiro atoms. The molecule has 2 aliphatic heterocycles. The Balaban J connectivity index is 1.85. The quantitative estimate of drug-likeness (QED) is 0.753. The van der Waals surface area contributed by atoms with Crippen LogP contribution in [0.2, 0.25) is 0 Å². The molecule has 7 heteroatoms. The minimum atomic E-state index is -3.66. The molecule has 1 aromatic carbocycles. The van der Waals surface area contributed by atoms with E-state index in [1.165, 1.54) is 10.7 Å². The van der Waals surface area contributed by atoms with Crippen LogP contribution in [0.25, 0.3) is 0 Å². The Labute approximate surface area is 169 Å². The van der Waals surface area contributed by atoms with E-state index in [1.807, 2.05) is 44.7 Å². The van der Waals surface area contributed by atoms with E-state index >= 15 is 0 Å². The molecule has 2 aliphatic rings. The lowest BCUT2D eigenvalue weighted by molar-refractivity contribution is -0.137. The van der Waals surface area contributed by atoms with Crippen molar-refractivity contribution < 1.29 is 13.2 Å². The van der Waals surface area contributed by atoms with E-state index in [9.17, 15) is 13.2 Å². The van der Waals surface area contributed by atoms with Gasteiger partial charge in [-0.3, -0.25) is 9.69 Å². The molecule has 2 saturated heterocycles. The zero-order valence-corrected chi connectivity index (χ0v) is 18.3. The van der Waals surface area contributed by atoms with Crippen LogP contribution in [-0.2, 0) is 14.8 Å². The Morgan fingerprint density at radius 1 is 1.11 bits per heavy atom. The van der Waals surface area contributed by atoms with E-state index in [-0.39, 0.29) is 17.9 Å². The molecule has 0 aliphatic carbocycles. The zero-order chi connectivity index (χ0) is 20.5. The molecular formula is C21H33N3O3S. The minimum Gasteiger partial charge on any atom is -0.321 e. The second-order valence-corrected chi connectivity index (χ2v) is 10.4. The van der Waals surface area contributed by atoms with Crippen LogP contribution in [0, 0.1) is 12.8 Å². The van der Waals surface area contributed by atoms with E-state index in [0.29, 0.717) is 18.0 Å². The van der Waals surface area contributed by atoms with Crippen LogP contribution in [0.15, 0.2) is 29.2 Å². The Kier molecular flexibility index (Phi) is 6.47. The molecule has 6 nitrogen and oxygen atoms in total. The van der Waals surface area contributed by atoms with Gasteiger partial charge in [0.1, 0.15) is 6.17 Å². The molecule has 0 saturated carbocycles. The summed E-state index contributed by atoms with van der Waals surface area (Å²) in [5.74, 6) is 0.0465. The first-order valence-corrected chi connectivity index (χ1v) is 11.8. The van der Waals surface area contributed by atoms with E-state index in [1.54, 1.807) is 12.1 Å². The van der Waals surface area contributed by atoms with E-state index in [4.69, 9.17) is 0 Å². The molecule has 0 bridgehead atoms. The number of benzene rings is 1.